The molecule has 2 rings (SSSR count). The Morgan fingerprint density at radius 3 is 2.50 bits per heavy atom. The molecule has 7 heteroatoms. The summed E-state index contributed by atoms with van der Waals surface area (Å²) >= 11 is 0. The number of carbonyl (C=O) groups is 1. The van der Waals surface area contributed by atoms with Crippen molar-refractivity contribution < 1.29 is 17.9 Å². The second kappa shape index (κ2) is 8.93. The van der Waals surface area contributed by atoms with Crippen LogP contribution in [0.25, 0.3) is 0 Å². The van der Waals surface area contributed by atoms with Gasteiger partial charge in [0.2, 0.25) is 10.0 Å². The van der Waals surface area contributed by atoms with Crippen LogP contribution in [0.15, 0.2) is 53.4 Å². The van der Waals surface area contributed by atoms with Gasteiger partial charge in [-0.05, 0) is 37.1 Å². The molecule has 2 aromatic carbocycles. The molecule has 0 aliphatic heterocycles. The van der Waals surface area contributed by atoms with E-state index in [0.717, 1.165) is 5.56 Å². The molecule has 6 nitrogen and oxygen atoms in total. The van der Waals surface area contributed by atoms with Crippen LogP contribution in [0.5, 0.6) is 0 Å². The number of aryl methyl sites for hydroxylation is 1. The average molecular weight is 376 g/mol. The second-order valence-electron chi connectivity index (χ2n) is 6.12. The first-order valence-electron chi connectivity index (χ1n) is 8.27. The third-order valence-electron chi connectivity index (χ3n) is 3.84. The zero-order valence-corrected chi connectivity index (χ0v) is 16.0. The van der Waals surface area contributed by atoms with E-state index in [2.05, 4.69) is 10.0 Å². The molecular formula is C19H24N2O4S. The first-order valence-corrected chi connectivity index (χ1v) is 9.76. The quantitative estimate of drug-likeness (QED) is 0.740. The Balaban J connectivity index is 2.18. The molecule has 2 N–H and O–H groups in total. The maximum Gasteiger partial charge on any atom is 0.251 e. The Morgan fingerprint density at radius 2 is 1.85 bits per heavy atom. The first kappa shape index (κ1) is 20.1. The lowest BCUT2D eigenvalue weighted by Gasteiger charge is -2.14. The highest BCUT2D eigenvalue weighted by molar-refractivity contribution is 7.89. The van der Waals surface area contributed by atoms with E-state index in [4.69, 9.17) is 4.74 Å². The van der Waals surface area contributed by atoms with Crippen LogP contribution in [0.2, 0.25) is 0 Å². The first-order chi connectivity index (χ1) is 12.3. The topological polar surface area (TPSA) is 84.5 Å². The minimum absolute atomic E-state index is 0.0977. The van der Waals surface area contributed by atoms with Gasteiger partial charge in [0.25, 0.3) is 5.91 Å². The van der Waals surface area contributed by atoms with E-state index in [9.17, 15) is 13.2 Å². The van der Waals surface area contributed by atoms with Crippen LogP contribution in [0.3, 0.4) is 0 Å². The maximum atomic E-state index is 12.7. The highest BCUT2D eigenvalue weighted by Crippen LogP contribution is 2.18. The molecule has 0 aliphatic rings. The molecule has 0 aromatic heterocycles. The molecule has 0 spiro atoms. The Bertz CT molecular complexity index is 851. The third-order valence-corrected chi connectivity index (χ3v) is 5.39. The minimum Gasteiger partial charge on any atom is -0.383 e. The van der Waals surface area contributed by atoms with Crippen LogP contribution in [-0.2, 0) is 21.3 Å². The Hall–Kier alpha value is -2.22. The molecule has 0 radical (unpaired) electrons. The number of hydrogen-bond acceptors (Lipinski definition) is 4. The van der Waals surface area contributed by atoms with Crippen LogP contribution in [0.1, 0.15) is 28.4 Å². The van der Waals surface area contributed by atoms with Gasteiger partial charge in [0.1, 0.15) is 0 Å². The van der Waals surface area contributed by atoms with Gasteiger partial charge < -0.3 is 10.1 Å². The normalized spacial score (nSPS) is 12.6. The van der Waals surface area contributed by atoms with Gasteiger partial charge in [0.15, 0.2) is 0 Å². The van der Waals surface area contributed by atoms with Crippen molar-refractivity contribution in [3.8, 4) is 0 Å². The van der Waals surface area contributed by atoms with E-state index in [1.54, 1.807) is 26.2 Å². The van der Waals surface area contributed by atoms with Gasteiger partial charge in [-0.1, -0.05) is 36.4 Å². The van der Waals surface area contributed by atoms with Gasteiger partial charge in [-0.25, -0.2) is 13.1 Å². The van der Waals surface area contributed by atoms with Crippen LogP contribution >= 0.6 is 0 Å². The predicted molar refractivity (Wildman–Crippen MR) is 100 cm³/mol. The summed E-state index contributed by atoms with van der Waals surface area (Å²) in [6.45, 7) is 4.08. The monoisotopic (exact) mass is 376 g/mol. The number of rotatable bonds is 8. The van der Waals surface area contributed by atoms with E-state index < -0.39 is 10.0 Å². The molecule has 2 aromatic rings. The lowest BCUT2D eigenvalue weighted by atomic mass is 10.1. The number of benzene rings is 2. The smallest absolute Gasteiger partial charge is 0.251 e. The molecular weight excluding hydrogens is 352 g/mol. The van der Waals surface area contributed by atoms with Crippen LogP contribution < -0.4 is 10.0 Å². The lowest BCUT2D eigenvalue weighted by molar-refractivity contribution is 0.0905. The lowest BCUT2D eigenvalue weighted by Crippen LogP contribution is -2.35. The second-order valence-corrected chi connectivity index (χ2v) is 7.86. The molecule has 0 saturated carbocycles. The van der Waals surface area contributed by atoms with Crippen molar-refractivity contribution in [2.24, 2.45) is 0 Å². The van der Waals surface area contributed by atoms with Crippen LogP contribution in [-0.4, -0.2) is 34.1 Å². The van der Waals surface area contributed by atoms with Crippen molar-refractivity contribution in [1.82, 2.24) is 10.0 Å². The zero-order valence-electron chi connectivity index (χ0n) is 15.2. The Labute approximate surface area is 154 Å². The van der Waals surface area contributed by atoms with Gasteiger partial charge in [-0.15, -0.1) is 0 Å². The predicted octanol–water partition coefficient (Wildman–Crippen LogP) is 2.24. The van der Waals surface area contributed by atoms with Gasteiger partial charge >= 0.3 is 0 Å². The standard InChI is InChI=1S/C19H24N2O4S/c1-14-9-10-17(19(22)21-15(2)13-25-3)11-18(14)26(23,24)20-12-16-7-5-4-6-8-16/h4-11,15,20H,12-13H2,1-3H3,(H,21,22). The summed E-state index contributed by atoms with van der Waals surface area (Å²) in [5, 5.41) is 2.77. The number of methoxy groups -OCH3 is 1. The maximum absolute atomic E-state index is 12.7. The highest BCUT2D eigenvalue weighted by atomic mass is 32.2. The van der Waals surface area contributed by atoms with Crippen molar-refractivity contribution >= 4 is 15.9 Å². The summed E-state index contributed by atoms with van der Waals surface area (Å²) in [5.41, 5.74) is 1.72. The Morgan fingerprint density at radius 1 is 1.15 bits per heavy atom. The molecule has 0 heterocycles. The van der Waals surface area contributed by atoms with E-state index in [1.165, 1.54) is 6.07 Å². The number of amides is 1. The van der Waals surface area contributed by atoms with Crippen LogP contribution in [0.4, 0.5) is 0 Å². The molecule has 140 valence electrons. The van der Waals surface area contributed by atoms with Gasteiger partial charge in [0, 0.05) is 25.3 Å². The molecule has 1 atom stereocenters. The molecule has 0 fully saturated rings. The van der Waals surface area contributed by atoms with Gasteiger partial charge in [-0.2, -0.15) is 0 Å². The average Bonchev–Trinajstić information content (AvgIpc) is 2.61. The van der Waals surface area contributed by atoms with Crippen molar-refractivity contribution in [2.75, 3.05) is 13.7 Å². The third kappa shape index (κ3) is 5.39. The molecule has 1 unspecified atom stereocenters. The summed E-state index contributed by atoms with van der Waals surface area (Å²) in [5.74, 6) is -0.339. The minimum atomic E-state index is -3.74. The Kier molecular flexibility index (Phi) is 6.90. The fourth-order valence-corrected chi connectivity index (χ4v) is 3.77. The van der Waals surface area contributed by atoms with Crippen molar-refractivity contribution in [2.45, 2.75) is 31.3 Å². The fraction of sp³-hybridized carbons (Fsp3) is 0.316. The number of carbonyl (C=O) groups excluding carboxylic acids is 1. The highest BCUT2D eigenvalue weighted by Gasteiger charge is 2.19. The summed E-state index contributed by atoms with van der Waals surface area (Å²) in [4.78, 5) is 12.4. The molecule has 0 saturated heterocycles. The van der Waals surface area contributed by atoms with Crippen molar-refractivity contribution in [1.29, 1.82) is 0 Å². The van der Waals surface area contributed by atoms with E-state index in [-0.39, 0.29) is 23.4 Å². The number of nitrogens with one attached hydrogen (secondary N) is 2. The largest absolute Gasteiger partial charge is 0.383 e. The van der Waals surface area contributed by atoms with E-state index in [1.807, 2.05) is 37.3 Å². The number of sulfonamides is 1. The fourth-order valence-electron chi connectivity index (χ4n) is 2.48. The number of hydrogen-bond donors (Lipinski definition) is 2. The molecule has 0 aliphatic carbocycles. The molecule has 26 heavy (non-hydrogen) atoms. The van der Waals surface area contributed by atoms with Gasteiger partial charge in [0.05, 0.1) is 11.5 Å². The van der Waals surface area contributed by atoms with E-state index >= 15 is 0 Å². The summed E-state index contributed by atoms with van der Waals surface area (Å²) in [6, 6.07) is 13.7. The van der Waals surface area contributed by atoms with Crippen molar-refractivity contribution in [3.63, 3.8) is 0 Å². The summed E-state index contributed by atoms with van der Waals surface area (Å²) in [7, 11) is -2.19. The molecule has 0 bridgehead atoms. The zero-order chi connectivity index (χ0) is 19.2. The van der Waals surface area contributed by atoms with Crippen molar-refractivity contribution in [3.05, 3.63) is 65.2 Å². The molecule has 1 amide bonds. The van der Waals surface area contributed by atoms with E-state index in [0.29, 0.717) is 17.7 Å². The summed E-state index contributed by atoms with van der Waals surface area (Å²) in [6.07, 6.45) is 0. The SMILES string of the molecule is COCC(C)NC(=O)c1ccc(C)c(S(=O)(=O)NCc2ccccc2)c1. The van der Waals surface area contributed by atoms with Crippen LogP contribution in [0, 0.1) is 6.92 Å². The van der Waals surface area contributed by atoms with Gasteiger partial charge in [-0.3, -0.25) is 4.79 Å². The number of ether oxygens (including phenoxy) is 1. The summed E-state index contributed by atoms with van der Waals surface area (Å²) < 4.78 is 32.9.